The van der Waals surface area contributed by atoms with Crippen molar-refractivity contribution in [1.82, 2.24) is 5.16 Å². The molecule has 0 N–H and O–H groups in total. The van der Waals surface area contributed by atoms with Crippen LogP contribution in [0.4, 0.5) is 0 Å². The molecular weight excluding hydrogens is 306 g/mol. The van der Waals surface area contributed by atoms with Crippen molar-refractivity contribution < 1.29 is 4.52 Å². The lowest BCUT2D eigenvalue weighted by atomic mass is 9.82. The number of rotatable bonds is 5. The van der Waals surface area contributed by atoms with Crippen molar-refractivity contribution >= 4 is 11.6 Å². The second-order valence-corrected chi connectivity index (χ2v) is 8.69. The highest BCUT2D eigenvalue weighted by Gasteiger charge is 2.42. The number of nitrogens with zero attached hydrogens (tertiary/aromatic N) is 1. The van der Waals surface area contributed by atoms with Gasteiger partial charge in [0, 0.05) is 6.07 Å². The molecule has 3 rings (SSSR count). The molecule has 0 atom stereocenters. The van der Waals surface area contributed by atoms with E-state index in [9.17, 15) is 0 Å². The predicted molar refractivity (Wildman–Crippen MR) is 106 cm³/mol. The first-order valence-corrected chi connectivity index (χ1v) is 9.58. The van der Waals surface area contributed by atoms with Crippen LogP contribution in [0.5, 0.6) is 0 Å². The van der Waals surface area contributed by atoms with E-state index in [1.165, 1.54) is 28.7 Å². The lowest BCUT2D eigenvalue weighted by Gasteiger charge is -2.22. The van der Waals surface area contributed by atoms with Crippen LogP contribution in [0.25, 0.3) is 11.6 Å². The third-order valence-corrected chi connectivity index (χ3v) is 5.61. The van der Waals surface area contributed by atoms with Gasteiger partial charge in [0.15, 0.2) is 5.76 Å². The maximum Gasteiger partial charge on any atom is 0.159 e. The quantitative estimate of drug-likeness (QED) is 0.619. The smallest absolute Gasteiger partial charge is 0.159 e. The minimum Gasteiger partial charge on any atom is -0.357 e. The predicted octanol–water partition coefficient (Wildman–Crippen LogP) is 6.54. The second kappa shape index (κ2) is 6.48. The summed E-state index contributed by atoms with van der Waals surface area (Å²) >= 11 is 0. The van der Waals surface area contributed by atoms with Crippen LogP contribution in [0.15, 0.2) is 28.9 Å². The molecule has 0 saturated carbocycles. The maximum absolute atomic E-state index is 5.33. The van der Waals surface area contributed by atoms with Crippen molar-refractivity contribution in [2.24, 2.45) is 0 Å². The van der Waals surface area contributed by atoms with Crippen molar-refractivity contribution in [3.8, 4) is 0 Å². The van der Waals surface area contributed by atoms with E-state index in [0.717, 1.165) is 25.0 Å². The zero-order chi connectivity index (χ0) is 18.2. The Balaban J connectivity index is 2.19. The standard InChI is InChI=1S/C23H31NO/c1-7-9-17-13-20-21(23(5,6)15-22(20,3)4)14-19(17)16(8-2)12-18-10-11-24-25-18/h10-14H,7-9,15H2,1-6H3. The first-order valence-electron chi connectivity index (χ1n) is 9.58. The SMILES string of the molecule is CCCc1cc2c(cc1C(=Cc1ccno1)CC)C(C)(C)CC2(C)C. The van der Waals surface area contributed by atoms with Gasteiger partial charge in [0.25, 0.3) is 0 Å². The number of hydrogen-bond acceptors (Lipinski definition) is 2. The maximum atomic E-state index is 5.33. The van der Waals surface area contributed by atoms with E-state index in [4.69, 9.17) is 4.52 Å². The number of aryl methyl sites for hydroxylation is 1. The monoisotopic (exact) mass is 337 g/mol. The van der Waals surface area contributed by atoms with E-state index in [2.05, 4.69) is 64.9 Å². The van der Waals surface area contributed by atoms with Crippen molar-refractivity contribution in [2.45, 2.75) is 78.1 Å². The fourth-order valence-corrected chi connectivity index (χ4v) is 4.68. The molecule has 0 amide bonds. The first-order chi connectivity index (χ1) is 11.8. The van der Waals surface area contributed by atoms with Crippen LogP contribution in [-0.2, 0) is 17.3 Å². The van der Waals surface area contributed by atoms with Gasteiger partial charge < -0.3 is 4.52 Å². The Morgan fingerprint density at radius 1 is 1.12 bits per heavy atom. The summed E-state index contributed by atoms with van der Waals surface area (Å²) in [5.41, 5.74) is 7.74. The minimum atomic E-state index is 0.226. The highest BCUT2D eigenvalue weighted by atomic mass is 16.5. The van der Waals surface area contributed by atoms with E-state index >= 15 is 0 Å². The van der Waals surface area contributed by atoms with Crippen LogP contribution in [0.1, 0.15) is 88.8 Å². The molecule has 0 fully saturated rings. The summed E-state index contributed by atoms with van der Waals surface area (Å²) in [6.07, 6.45) is 8.33. The Labute approximate surface area is 152 Å². The van der Waals surface area contributed by atoms with E-state index in [1.54, 1.807) is 11.8 Å². The van der Waals surface area contributed by atoms with Crippen LogP contribution in [-0.4, -0.2) is 5.16 Å². The van der Waals surface area contributed by atoms with Gasteiger partial charge in [-0.15, -0.1) is 0 Å². The molecule has 0 saturated heterocycles. The molecule has 1 aliphatic carbocycles. The second-order valence-electron chi connectivity index (χ2n) is 8.69. The fraction of sp³-hybridized carbons (Fsp3) is 0.522. The van der Waals surface area contributed by atoms with E-state index in [1.807, 2.05) is 6.07 Å². The summed E-state index contributed by atoms with van der Waals surface area (Å²) in [6.45, 7) is 14.0. The van der Waals surface area contributed by atoms with Gasteiger partial charge >= 0.3 is 0 Å². The minimum absolute atomic E-state index is 0.226. The third kappa shape index (κ3) is 3.31. The number of allylic oxidation sites excluding steroid dienone is 1. The summed E-state index contributed by atoms with van der Waals surface area (Å²) < 4.78 is 5.33. The van der Waals surface area contributed by atoms with Gasteiger partial charge in [0.05, 0.1) is 6.20 Å². The average molecular weight is 338 g/mol. The van der Waals surface area contributed by atoms with Crippen LogP contribution in [0.2, 0.25) is 0 Å². The molecule has 0 radical (unpaired) electrons. The van der Waals surface area contributed by atoms with Crippen molar-refractivity contribution in [2.75, 3.05) is 0 Å². The van der Waals surface area contributed by atoms with Crippen molar-refractivity contribution in [3.63, 3.8) is 0 Å². The van der Waals surface area contributed by atoms with E-state index in [-0.39, 0.29) is 10.8 Å². The van der Waals surface area contributed by atoms with E-state index in [0.29, 0.717) is 0 Å². The topological polar surface area (TPSA) is 26.0 Å². The molecule has 0 aliphatic heterocycles. The molecule has 2 heteroatoms. The summed E-state index contributed by atoms with van der Waals surface area (Å²) in [5, 5.41) is 3.84. The fourth-order valence-electron chi connectivity index (χ4n) is 4.68. The van der Waals surface area contributed by atoms with Crippen LogP contribution in [0.3, 0.4) is 0 Å². The van der Waals surface area contributed by atoms with E-state index < -0.39 is 0 Å². The lowest BCUT2D eigenvalue weighted by Crippen LogP contribution is -2.18. The van der Waals surface area contributed by atoms with Gasteiger partial charge in [-0.05, 0) is 64.0 Å². The molecule has 1 aromatic heterocycles. The Kier molecular flexibility index (Phi) is 4.66. The molecule has 25 heavy (non-hydrogen) atoms. The molecule has 134 valence electrons. The largest absolute Gasteiger partial charge is 0.357 e. The molecule has 1 aromatic carbocycles. The number of fused-ring (bicyclic) bond motifs is 1. The number of benzene rings is 1. The Hall–Kier alpha value is -1.83. The van der Waals surface area contributed by atoms with Crippen molar-refractivity contribution in [3.05, 3.63) is 52.4 Å². The van der Waals surface area contributed by atoms with Gasteiger partial charge in [0.1, 0.15) is 0 Å². The summed E-state index contributed by atoms with van der Waals surface area (Å²) in [4.78, 5) is 0. The normalized spacial score (nSPS) is 18.4. The molecule has 1 heterocycles. The molecule has 2 nitrogen and oxygen atoms in total. The molecule has 2 aromatic rings. The molecule has 0 bridgehead atoms. The summed E-state index contributed by atoms with van der Waals surface area (Å²) in [6, 6.07) is 6.89. The first kappa shape index (κ1) is 18.0. The highest BCUT2D eigenvalue weighted by Crippen LogP contribution is 2.50. The van der Waals surface area contributed by atoms with Crippen LogP contribution < -0.4 is 0 Å². The van der Waals surface area contributed by atoms with Gasteiger partial charge in [-0.1, -0.05) is 65.3 Å². The van der Waals surface area contributed by atoms with Crippen molar-refractivity contribution in [1.29, 1.82) is 0 Å². The number of hydrogen-bond donors (Lipinski definition) is 0. The van der Waals surface area contributed by atoms with Gasteiger partial charge in [0.2, 0.25) is 0 Å². The zero-order valence-corrected chi connectivity index (χ0v) is 16.6. The summed E-state index contributed by atoms with van der Waals surface area (Å²) in [5.74, 6) is 0.833. The molecular formula is C23H31NO. The molecule has 1 aliphatic rings. The molecule has 0 spiro atoms. The summed E-state index contributed by atoms with van der Waals surface area (Å²) in [7, 11) is 0. The highest BCUT2D eigenvalue weighted by molar-refractivity contribution is 5.82. The number of aromatic nitrogens is 1. The Morgan fingerprint density at radius 3 is 2.36 bits per heavy atom. The van der Waals surface area contributed by atoms with Gasteiger partial charge in [-0.25, -0.2) is 0 Å². The molecule has 0 unspecified atom stereocenters. The van der Waals surface area contributed by atoms with Crippen LogP contribution in [0, 0.1) is 0 Å². The Morgan fingerprint density at radius 2 is 1.80 bits per heavy atom. The van der Waals surface area contributed by atoms with Crippen LogP contribution >= 0.6 is 0 Å². The lowest BCUT2D eigenvalue weighted by molar-refractivity contribution is 0.403. The van der Waals surface area contributed by atoms with Gasteiger partial charge in [-0.2, -0.15) is 0 Å². The third-order valence-electron chi connectivity index (χ3n) is 5.61. The van der Waals surface area contributed by atoms with Gasteiger partial charge in [-0.3, -0.25) is 0 Å². The average Bonchev–Trinajstić information content (AvgIpc) is 3.10. The Bertz CT molecular complexity index is 779. The zero-order valence-electron chi connectivity index (χ0n) is 16.6.